The van der Waals surface area contributed by atoms with Crippen LogP contribution >= 0.6 is 34.4 Å². The summed E-state index contributed by atoms with van der Waals surface area (Å²) in [5, 5.41) is 5.04. The summed E-state index contributed by atoms with van der Waals surface area (Å²) in [4.78, 5) is 34.5. The zero-order chi connectivity index (χ0) is 15.7. The van der Waals surface area contributed by atoms with Gasteiger partial charge >= 0.3 is 0 Å². The normalized spacial score (nSPS) is 11.0. The number of hydrogen-bond acceptors (Lipinski definition) is 6. The summed E-state index contributed by atoms with van der Waals surface area (Å²) < 4.78 is 0. The van der Waals surface area contributed by atoms with Gasteiger partial charge in [-0.25, -0.2) is 4.98 Å². The Hall–Kier alpha value is -1.64. The average Bonchev–Trinajstić information content (AvgIpc) is 3.13. The maximum absolute atomic E-state index is 12.4. The zero-order valence-corrected chi connectivity index (χ0v) is 14.4. The first kappa shape index (κ1) is 15.3. The van der Waals surface area contributed by atoms with Gasteiger partial charge in [-0.05, 0) is 11.4 Å². The maximum atomic E-state index is 12.4. The zero-order valence-electron chi connectivity index (χ0n) is 12.0. The fourth-order valence-electron chi connectivity index (χ4n) is 1.87. The minimum Gasteiger partial charge on any atom is -0.348 e. The molecule has 3 aromatic rings. The monoisotopic (exact) mass is 351 g/mol. The average molecular weight is 351 g/mol. The van der Waals surface area contributed by atoms with Crippen molar-refractivity contribution in [2.45, 2.75) is 5.16 Å². The molecule has 1 amide bonds. The number of aromatic amines is 1. The molecule has 0 fully saturated rings. The van der Waals surface area contributed by atoms with E-state index in [1.807, 2.05) is 22.9 Å². The van der Waals surface area contributed by atoms with Crippen LogP contribution in [-0.4, -0.2) is 40.6 Å². The molecule has 0 aliphatic rings. The van der Waals surface area contributed by atoms with Gasteiger partial charge in [-0.1, -0.05) is 17.8 Å². The third-order valence-corrected chi connectivity index (χ3v) is 5.67. The summed E-state index contributed by atoms with van der Waals surface area (Å²) in [5.41, 5.74) is 0.763. The number of rotatable bonds is 4. The minimum absolute atomic E-state index is 0.0156. The number of H-pyrrole nitrogens is 1. The van der Waals surface area contributed by atoms with E-state index in [1.54, 1.807) is 25.4 Å². The molecule has 3 rings (SSSR count). The second kappa shape index (κ2) is 6.23. The third kappa shape index (κ3) is 2.94. The second-order valence-corrected chi connectivity index (χ2v) is 7.52. The summed E-state index contributed by atoms with van der Waals surface area (Å²) in [6, 6.07) is 3.95. The van der Waals surface area contributed by atoms with Crippen LogP contribution in [0.5, 0.6) is 0 Å². The molecule has 3 heterocycles. The van der Waals surface area contributed by atoms with Gasteiger partial charge in [0.2, 0.25) is 5.91 Å². The van der Waals surface area contributed by atoms with E-state index in [2.05, 4.69) is 9.97 Å². The Labute approximate surface area is 139 Å². The highest BCUT2D eigenvalue weighted by Crippen LogP contribution is 2.33. The number of fused-ring (bicyclic) bond motifs is 1. The van der Waals surface area contributed by atoms with Crippen LogP contribution in [0.3, 0.4) is 0 Å². The molecule has 1 N–H and O–H groups in total. The quantitative estimate of drug-likeness (QED) is 0.580. The van der Waals surface area contributed by atoms with Crippen LogP contribution in [0, 0.1) is 0 Å². The van der Waals surface area contributed by atoms with Crippen LogP contribution in [0.4, 0.5) is 0 Å². The van der Waals surface area contributed by atoms with Crippen molar-refractivity contribution in [3.05, 3.63) is 33.2 Å². The Morgan fingerprint density at radius 1 is 1.41 bits per heavy atom. The van der Waals surface area contributed by atoms with Gasteiger partial charge in [-0.3, -0.25) is 9.59 Å². The van der Waals surface area contributed by atoms with E-state index < -0.39 is 0 Å². The summed E-state index contributed by atoms with van der Waals surface area (Å²) in [6.07, 6.45) is 0. The first-order valence-corrected chi connectivity index (χ1v) is 9.19. The van der Waals surface area contributed by atoms with Gasteiger partial charge in [0.1, 0.15) is 4.83 Å². The Morgan fingerprint density at radius 2 is 2.23 bits per heavy atom. The van der Waals surface area contributed by atoms with Gasteiger partial charge < -0.3 is 9.88 Å². The smallest absolute Gasteiger partial charge is 0.260 e. The molecule has 0 aromatic carbocycles. The van der Waals surface area contributed by atoms with E-state index in [1.165, 1.54) is 28.0 Å². The van der Waals surface area contributed by atoms with E-state index in [0.717, 1.165) is 10.4 Å². The van der Waals surface area contributed by atoms with Crippen LogP contribution in [0.2, 0.25) is 0 Å². The van der Waals surface area contributed by atoms with Crippen molar-refractivity contribution in [1.82, 2.24) is 14.9 Å². The summed E-state index contributed by atoms with van der Waals surface area (Å²) in [6.45, 7) is 0. The molecular formula is C14H13N3O2S3. The van der Waals surface area contributed by atoms with Crippen LogP contribution in [-0.2, 0) is 4.79 Å². The highest BCUT2D eigenvalue weighted by atomic mass is 32.2. The first-order valence-electron chi connectivity index (χ1n) is 6.44. The molecule has 0 atom stereocenters. The maximum Gasteiger partial charge on any atom is 0.260 e. The summed E-state index contributed by atoms with van der Waals surface area (Å²) in [7, 11) is 3.41. The molecule has 5 nitrogen and oxygen atoms in total. The first-order chi connectivity index (χ1) is 10.6. The predicted octanol–water partition coefficient (Wildman–Crippen LogP) is 2.89. The lowest BCUT2D eigenvalue weighted by Crippen LogP contribution is -2.23. The highest BCUT2D eigenvalue weighted by Gasteiger charge is 2.14. The molecule has 0 aliphatic carbocycles. The standard InChI is InChI=1S/C14H13N3O2S3/c1-17(2)10(18)7-22-14-15-12(19)11-8(6-21-13(11)16-14)9-4-3-5-20-9/h3-6H,7H2,1-2H3,(H,15,16,19). The van der Waals surface area contributed by atoms with Gasteiger partial charge in [0.05, 0.1) is 11.1 Å². The van der Waals surface area contributed by atoms with E-state index in [4.69, 9.17) is 0 Å². The lowest BCUT2D eigenvalue weighted by atomic mass is 10.2. The van der Waals surface area contributed by atoms with Crippen molar-refractivity contribution in [3.8, 4) is 10.4 Å². The largest absolute Gasteiger partial charge is 0.348 e. The molecule has 114 valence electrons. The van der Waals surface area contributed by atoms with Crippen molar-refractivity contribution in [1.29, 1.82) is 0 Å². The highest BCUT2D eigenvalue weighted by molar-refractivity contribution is 7.99. The molecule has 0 unspecified atom stereocenters. The van der Waals surface area contributed by atoms with Crippen LogP contribution in [0.15, 0.2) is 32.8 Å². The number of amides is 1. The number of hydrogen-bond donors (Lipinski definition) is 1. The SMILES string of the molecule is CN(C)C(=O)CSc1nc2scc(-c3cccs3)c2c(=O)[nH]1. The van der Waals surface area contributed by atoms with Crippen molar-refractivity contribution in [2.24, 2.45) is 0 Å². The van der Waals surface area contributed by atoms with Crippen molar-refractivity contribution < 1.29 is 4.79 Å². The predicted molar refractivity (Wildman–Crippen MR) is 93.0 cm³/mol. The van der Waals surface area contributed by atoms with Crippen molar-refractivity contribution in [3.63, 3.8) is 0 Å². The Kier molecular flexibility index (Phi) is 4.32. The van der Waals surface area contributed by atoms with E-state index in [9.17, 15) is 9.59 Å². The van der Waals surface area contributed by atoms with E-state index >= 15 is 0 Å². The minimum atomic E-state index is -0.158. The van der Waals surface area contributed by atoms with Crippen molar-refractivity contribution >= 4 is 50.6 Å². The summed E-state index contributed by atoms with van der Waals surface area (Å²) >= 11 is 4.29. The van der Waals surface area contributed by atoms with Crippen LogP contribution in [0.25, 0.3) is 20.7 Å². The van der Waals surface area contributed by atoms with Gasteiger partial charge in [0.15, 0.2) is 5.16 Å². The van der Waals surface area contributed by atoms with Crippen LogP contribution < -0.4 is 5.56 Å². The molecule has 0 saturated carbocycles. The van der Waals surface area contributed by atoms with Gasteiger partial charge in [0, 0.05) is 29.9 Å². The Morgan fingerprint density at radius 3 is 2.91 bits per heavy atom. The Balaban J connectivity index is 1.94. The summed E-state index contributed by atoms with van der Waals surface area (Å²) in [5.74, 6) is 0.239. The number of thiophene rings is 2. The van der Waals surface area contributed by atoms with E-state index in [-0.39, 0.29) is 17.2 Å². The number of carbonyl (C=O) groups is 1. The number of carbonyl (C=O) groups excluding carboxylic acids is 1. The molecule has 0 spiro atoms. The molecule has 0 bridgehead atoms. The number of nitrogens with one attached hydrogen (secondary N) is 1. The number of aromatic nitrogens is 2. The topological polar surface area (TPSA) is 66.1 Å². The Bertz CT molecular complexity index is 865. The van der Waals surface area contributed by atoms with Gasteiger partial charge in [-0.2, -0.15) is 0 Å². The molecule has 8 heteroatoms. The molecule has 0 aliphatic heterocycles. The van der Waals surface area contributed by atoms with E-state index in [0.29, 0.717) is 15.4 Å². The molecular weight excluding hydrogens is 338 g/mol. The molecule has 22 heavy (non-hydrogen) atoms. The fourth-order valence-corrected chi connectivity index (χ4v) is 4.53. The molecule has 3 aromatic heterocycles. The number of nitrogens with zero attached hydrogens (tertiary/aromatic N) is 2. The van der Waals surface area contributed by atoms with Crippen LogP contribution in [0.1, 0.15) is 0 Å². The lowest BCUT2D eigenvalue weighted by Gasteiger charge is -2.08. The molecule has 0 saturated heterocycles. The van der Waals surface area contributed by atoms with Gasteiger partial charge in [0.25, 0.3) is 5.56 Å². The third-order valence-electron chi connectivity index (χ3n) is 3.04. The number of thioether (sulfide) groups is 1. The van der Waals surface area contributed by atoms with Crippen molar-refractivity contribution in [2.75, 3.05) is 19.8 Å². The van der Waals surface area contributed by atoms with Gasteiger partial charge in [-0.15, -0.1) is 22.7 Å². The molecule has 0 radical (unpaired) electrons. The lowest BCUT2D eigenvalue weighted by molar-refractivity contribution is -0.125. The second-order valence-electron chi connectivity index (χ2n) is 4.75. The fraction of sp³-hybridized carbons (Fsp3) is 0.214.